The van der Waals surface area contributed by atoms with Crippen molar-refractivity contribution >= 4 is 47.0 Å². The minimum Gasteiger partial charge on any atom is -0.477 e. The Labute approximate surface area is 214 Å². The van der Waals surface area contributed by atoms with Gasteiger partial charge in [0.2, 0.25) is 11.1 Å². The number of thioether (sulfide) groups is 2. The van der Waals surface area contributed by atoms with E-state index in [4.69, 9.17) is 5.73 Å². The van der Waals surface area contributed by atoms with Gasteiger partial charge in [-0.3, -0.25) is 14.5 Å². The molecule has 36 heavy (non-hydrogen) atoms. The van der Waals surface area contributed by atoms with E-state index in [0.29, 0.717) is 33.5 Å². The molecule has 2 atom stereocenters. The fraction of sp³-hybridized carbons (Fsp3) is 0.217. The second-order valence-corrected chi connectivity index (χ2v) is 10.1. The summed E-state index contributed by atoms with van der Waals surface area (Å²) >= 11 is 2.71. The van der Waals surface area contributed by atoms with Gasteiger partial charge in [-0.25, -0.2) is 4.79 Å². The number of nitrogens with zero attached hydrogens (tertiary/aromatic N) is 5. The van der Waals surface area contributed by atoms with Gasteiger partial charge in [-0.1, -0.05) is 48.2 Å². The average molecular weight is 524 g/mol. The van der Waals surface area contributed by atoms with Gasteiger partial charge in [0.25, 0.3) is 5.91 Å². The summed E-state index contributed by atoms with van der Waals surface area (Å²) in [5, 5.41) is 24.5. The van der Waals surface area contributed by atoms with Crippen LogP contribution in [0.3, 0.4) is 0 Å². The topological polar surface area (TPSA) is 156 Å². The first kappa shape index (κ1) is 23.9. The summed E-state index contributed by atoms with van der Waals surface area (Å²) in [7, 11) is 0. The van der Waals surface area contributed by atoms with Crippen molar-refractivity contribution in [3.63, 3.8) is 0 Å². The third kappa shape index (κ3) is 4.54. The quantitative estimate of drug-likeness (QED) is 0.223. The molecule has 2 aromatic carbocycles. The number of carboxylic acid groups (broad SMARTS) is 1. The molecule has 184 valence electrons. The molecule has 11 nitrogen and oxygen atoms in total. The van der Waals surface area contributed by atoms with E-state index in [0.717, 1.165) is 5.69 Å². The molecule has 13 heteroatoms. The number of carbonyl (C=O) groups is 3. The largest absolute Gasteiger partial charge is 0.477 e. The second-order valence-electron chi connectivity index (χ2n) is 8.09. The van der Waals surface area contributed by atoms with Gasteiger partial charge in [-0.15, -0.1) is 16.9 Å². The summed E-state index contributed by atoms with van der Waals surface area (Å²) in [6.45, 7) is 0. The summed E-state index contributed by atoms with van der Waals surface area (Å²) in [4.78, 5) is 38.9. The Morgan fingerprint density at radius 1 is 1.17 bits per heavy atom. The lowest BCUT2D eigenvalue weighted by Gasteiger charge is -2.49. The summed E-state index contributed by atoms with van der Waals surface area (Å²) < 4.78 is 1.57. The molecular weight excluding hydrogens is 502 g/mol. The molecule has 2 aliphatic rings. The van der Waals surface area contributed by atoms with Gasteiger partial charge in [-0.05, 0) is 39.8 Å². The maximum atomic E-state index is 12.9. The highest BCUT2D eigenvalue weighted by molar-refractivity contribution is 8.01. The van der Waals surface area contributed by atoms with Gasteiger partial charge in [-0.2, -0.15) is 4.68 Å². The van der Waals surface area contributed by atoms with E-state index in [1.807, 2.05) is 30.3 Å². The third-order valence-electron chi connectivity index (χ3n) is 5.79. The Balaban J connectivity index is 1.28. The molecule has 5 rings (SSSR count). The number of β-lactam (4-membered cyclic amide) rings is 1. The number of hydrogen-bond donors (Lipinski definition) is 3. The summed E-state index contributed by atoms with van der Waals surface area (Å²) in [6, 6.07) is 15.6. The van der Waals surface area contributed by atoms with Gasteiger partial charge >= 0.3 is 5.97 Å². The molecule has 1 unspecified atom stereocenters. The van der Waals surface area contributed by atoms with E-state index >= 15 is 0 Å². The molecular formula is C23H21N7O4S2. The van der Waals surface area contributed by atoms with Gasteiger partial charge in [0.15, 0.2) is 0 Å². The number of fused-ring (bicyclic) bond motifs is 1. The molecule has 1 saturated heterocycles. The number of tetrazole rings is 1. The van der Waals surface area contributed by atoms with Crippen LogP contribution in [0.2, 0.25) is 0 Å². The zero-order valence-electron chi connectivity index (χ0n) is 18.8. The van der Waals surface area contributed by atoms with Crippen LogP contribution < -0.4 is 11.1 Å². The van der Waals surface area contributed by atoms with E-state index in [1.54, 1.807) is 28.9 Å². The fourth-order valence-corrected chi connectivity index (χ4v) is 6.41. The molecule has 0 aliphatic carbocycles. The maximum absolute atomic E-state index is 12.9. The molecule has 2 aliphatic heterocycles. The fourth-order valence-electron chi connectivity index (χ4n) is 4.04. The summed E-state index contributed by atoms with van der Waals surface area (Å²) in [5.41, 5.74) is 8.39. The van der Waals surface area contributed by atoms with Crippen molar-refractivity contribution in [2.45, 2.75) is 23.0 Å². The number of rotatable bonds is 8. The van der Waals surface area contributed by atoms with Crippen LogP contribution in [0.5, 0.6) is 0 Å². The van der Waals surface area contributed by atoms with Crippen molar-refractivity contribution in [3.05, 3.63) is 71.4 Å². The van der Waals surface area contributed by atoms with E-state index < -0.39 is 23.3 Å². The number of amides is 2. The maximum Gasteiger partial charge on any atom is 0.352 e. The minimum atomic E-state index is -1.19. The van der Waals surface area contributed by atoms with Crippen LogP contribution in [0.15, 0.2) is 71.0 Å². The zero-order chi connectivity index (χ0) is 25.2. The van der Waals surface area contributed by atoms with Crippen molar-refractivity contribution in [3.8, 4) is 5.69 Å². The number of aromatic nitrogens is 4. The van der Waals surface area contributed by atoms with Crippen molar-refractivity contribution < 1.29 is 19.5 Å². The van der Waals surface area contributed by atoms with Crippen LogP contribution in [0, 0.1) is 0 Å². The first-order valence-corrected chi connectivity index (χ1v) is 13.0. The highest BCUT2D eigenvalue weighted by atomic mass is 32.2. The van der Waals surface area contributed by atoms with Crippen molar-refractivity contribution in [1.82, 2.24) is 30.4 Å². The normalized spacial score (nSPS) is 19.0. The van der Waals surface area contributed by atoms with Crippen LogP contribution in [0.25, 0.3) is 5.69 Å². The number of anilines is 1. The van der Waals surface area contributed by atoms with Crippen LogP contribution >= 0.6 is 23.5 Å². The number of benzene rings is 2. The van der Waals surface area contributed by atoms with Gasteiger partial charge in [0, 0.05) is 17.2 Å². The average Bonchev–Trinajstić information content (AvgIpc) is 3.36. The van der Waals surface area contributed by atoms with Crippen molar-refractivity contribution in [2.24, 2.45) is 0 Å². The number of carbonyl (C=O) groups excluding carboxylic acids is 2. The summed E-state index contributed by atoms with van der Waals surface area (Å²) in [5.74, 6) is -1.29. The van der Waals surface area contributed by atoms with Crippen LogP contribution in [0.4, 0.5) is 5.69 Å². The Morgan fingerprint density at radius 3 is 2.67 bits per heavy atom. The van der Waals surface area contributed by atoms with Gasteiger partial charge < -0.3 is 16.2 Å². The number of nitrogens with one attached hydrogen (secondary N) is 1. The van der Waals surface area contributed by atoms with E-state index in [-0.39, 0.29) is 18.0 Å². The van der Waals surface area contributed by atoms with Crippen LogP contribution in [0.1, 0.15) is 5.56 Å². The lowest BCUT2D eigenvalue weighted by atomic mass is 10.0. The van der Waals surface area contributed by atoms with E-state index in [1.165, 1.54) is 28.4 Å². The summed E-state index contributed by atoms with van der Waals surface area (Å²) in [6.07, 6.45) is 0.0352. The number of carboxylic acids is 1. The van der Waals surface area contributed by atoms with Crippen LogP contribution in [-0.4, -0.2) is 70.9 Å². The Kier molecular flexibility index (Phi) is 6.65. The van der Waals surface area contributed by atoms with E-state index in [2.05, 4.69) is 20.8 Å². The molecule has 0 radical (unpaired) electrons. The van der Waals surface area contributed by atoms with Crippen LogP contribution in [-0.2, 0) is 20.8 Å². The van der Waals surface area contributed by atoms with Crippen molar-refractivity contribution in [1.29, 1.82) is 0 Å². The monoisotopic (exact) mass is 523 g/mol. The minimum absolute atomic E-state index is 0.0352. The molecule has 4 N–H and O–H groups in total. The van der Waals surface area contributed by atoms with Gasteiger partial charge in [0.05, 0.1) is 12.1 Å². The number of hydrogen-bond acceptors (Lipinski definition) is 9. The molecule has 0 bridgehead atoms. The predicted molar refractivity (Wildman–Crippen MR) is 134 cm³/mol. The Hall–Kier alpha value is -3.84. The second kappa shape index (κ2) is 10.0. The molecule has 1 aromatic heterocycles. The van der Waals surface area contributed by atoms with Gasteiger partial charge in [0.1, 0.15) is 17.1 Å². The number of nitrogens with two attached hydrogens (primary N) is 1. The third-order valence-corrected chi connectivity index (χ3v) is 8.13. The van der Waals surface area contributed by atoms with Crippen molar-refractivity contribution in [2.75, 3.05) is 17.2 Å². The first-order chi connectivity index (χ1) is 17.4. The zero-order valence-corrected chi connectivity index (χ0v) is 20.4. The Morgan fingerprint density at radius 2 is 1.92 bits per heavy atom. The van der Waals surface area contributed by atoms with E-state index in [9.17, 15) is 19.5 Å². The lowest BCUT2D eigenvalue weighted by molar-refractivity contribution is -0.150. The predicted octanol–water partition coefficient (Wildman–Crippen LogP) is 1.32. The smallest absolute Gasteiger partial charge is 0.352 e. The SMILES string of the molecule is Nc1ccccc1CC(=O)NC1C(=O)N2C(C(=O)O)=C(CSc3nnnn3-c3ccccc3)CS[C@H]12. The molecule has 3 heterocycles. The lowest BCUT2D eigenvalue weighted by Crippen LogP contribution is -2.70. The Bertz CT molecular complexity index is 1360. The standard InChI is InChI=1S/C23H21N7O4S2/c24-16-9-5-4-6-13(16)10-17(31)25-18-20(32)29-19(22(33)34)14(11-35-21(18)29)12-36-23-26-27-28-30(23)15-7-2-1-3-8-15/h1-9,18,21H,10-12,24H2,(H,25,31)(H,33,34)/t18?,21-/m1/s1. The molecule has 1 fully saturated rings. The number of aliphatic carboxylic acids is 1. The first-order valence-electron chi connectivity index (χ1n) is 10.9. The highest BCUT2D eigenvalue weighted by Gasteiger charge is 2.54. The number of nitrogen functional groups attached to an aromatic ring is 1. The number of para-hydroxylation sites is 2. The molecule has 3 aromatic rings. The molecule has 0 saturated carbocycles. The highest BCUT2D eigenvalue weighted by Crippen LogP contribution is 2.41. The molecule has 2 amide bonds. The molecule has 0 spiro atoms.